The zero-order valence-electron chi connectivity index (χ0n) is 18.1. The van der Waals surface area contributed by atoms with E-state index in [0.29, 0.717) is 17.9 Å². The van der Waals surface area contributed by atoms with Gasteiger partial charge in [0.05, 0.1) is 5.39 Å². The molecule has 0 radical (unpaired) electrons. The summed E-state index contributed by atoms with van der Waals surface area (Å²) in [7, 11) is 1.23. The van der Waals surface area contributed by atoms with Gasteiger partial charge in [-0.15, -0.1) is 11.8 Å². The zero-order chi connectivity index (χ0) is 24.7. The molecule has 4 N–H and O–H groups in total. The molecule has 1 fully saturated rings. The highest BCUT2D eigenvalue weighted by molar-refractivity contribution is 8.00. The Kier molecular flexibility index (Phi) is 5.86. The predicted octanol–water partition coefficient (Wildman–Crippen LogP) is -0.0567. The Morgan fingerprint density at radius 1 is 1.43 bits per heavy atom. The largest absolute Gasteiger partial charge is 0.477 e. The number of anilines is 1. The van der Waals surface area contributed by atoms with Gasteiger partial charge in [0.1, 0.15) is 24.2 Å². The number of nitrogen functional groups attached to an aromatic ring is 1. The number of thiophene rings is 1. The number of thioether (sulfide) groups is 1. The zero-order valence-corrected chi connectivity index (χ0v) is 19.7. The van der Waals surface area contributed by atoms with Gasteiger partial charge in [0.25, 0.3) is 11.8 Å². The molecule has 0 spiro atoms. The van der Waals surface area contributed by atoms with Crippen molar-refractivity contribution in [2.45, 2.75) is 18.0 Å². The number of nitrogens with two attached hydrogens (primary N) is 1. The minimum atomic E-state index is -1.20. The van der Waals surface area contributed by atoms with Crippen molar-refractivity contribution in [3.63, 3.8) is 0 Å². The molecular weight excluding hydrogens is 498 g/mol. The van der Waals surface area contributed by atoms with E-state index in [1.807, 2.05) is 33.8 Å². The molecule has 2 aliphatic rings. The van der Waals surface area contributed by atoms with Gasteiger partial charge in [0, 0.05) is 28.2 Å². The monoisotopic (exact) mass is 516 g/mol. The van der Waals surface area contributed by atoms with Gasteiger partial charge in [-0.1, -0.05) is 10.3 Å². The third-order valence-corrected chi connectivity index (χ3v) is 7.55. The molecule has 0 aliphatic carbocycles. The summed E-state index contributed by atoms with van der Waals surface area (Å²) in [6.45, 7) is 0.317. The van der Waals surface area contributed by atoms with Crippen molar-refractivity contribution in [2.75, 3.05) is 18.6 Å². The highest BCUT2D eigenvalue weighted by Gasteiger charge is 2.55. The molecule has 180 valence electrons. The second-order valence-corrected chi connectivity index (χ2v) is 9.45. The number of carboxylic acids is 1. The number of aliphatic carboxylic acids is 1. The van der Waals surface area contributed by atoms with E-state index in [9.17, 15) is 19.5 Å². The molecule has 3 aromatic heterocycles. The van der Waals surface area contributed by atoms with Gasteiger partial charge in [-0.3, -0.25) is 14.5 Å². The number of rotatable bonds is 7. The van der Waals surface area contributed by atoms with Gasteiger partial charge in [-0.05, 0) is 5.38 Å². The third kappa shape index (κ3) is 4.08. The van der Waals surface area contributed by atoms with Crippen molar-refractivity contribution in [1.82, 2.24) is 20.4 Å². The molecule has 1 unspecified atom stereocenters. The molecule has 13 nitrogen and oxygen atoms in total. The molecule has 0 bridgehead atoms. The summed E-state index contributed by atoms with van der Waals surface area (Å²) >= 11 is 2.95. The maximum Gasteiger partial charge on any atom is 0.352 e. The highest BCUT2D eigenvalue weighted by Crippen LogP contribution is 2.40. The number of hydrogen-bond donors (Lipinski definition) is 3. The number of oxime groups is 1. The predicted molar refractivity (Wildman–Crippen MR) is 124 cm³/mol. The molecule has 5 rings (SSSR count). The van der Waals surface area contributed by atoms with Crippen molar-refractivity contribution < 1.29 is 33.4 Å². The summed E-state index contributed by atoms with van der Waals surface area (Å²) in [4.78, 5) is 47.5. The number of hydrogen-bond acceptors (Lipinski definition) is 11. The number of pyridine rings is 1. The quantitative estimate of drug-likeness (QED) is 0.167. The van der Waals surface area contributed by atoms with Crippen molar-refractivity contribution in [3.8, 4) is 0 Å². The summed E-state index contributed by atoms with van der Waals surface area (Å²) in [6, 6.07) is 0.720. The van der Waals surface area contributed by atoms with Crippen molar-refractivity contribution in [3.05, 3.63) is 46.3 Å². The first-order valence-electron chi connectivity index (χ1n) is 10.1. The standard InChI is InChI=1S/C20H17N7O6S2/c1-32-24-12(15-23-20(21)33-25-15)16(28)22-13-17(29)27-14(19(30)31)11(8-35-18(13)27)5-26-3-2-9-6-34-7-10(9)4-26/h2-4,6-7,13,18H,5,8H2,1H3,(H3-,21,22,23,25,28,30,31)/p+1/t13?,18-/m0/s1. The first-order valence-corrected chi connectivity index (χ1v) is 12.1. The summed E-state index contributed by atoms with van der Waals surface area (Å²) in [5.74, 6) is -2.39. The normalized spacial score (nSPS) is 20.0. The average molecular weight is 517 g/mol. The van der Waals surface area contributed by atoms with Gasteiger partial charge < -0.3 is 25.5 Å². The van der Waals surface area contributed by atoms with E-state index in [0.717, 1.165) is 10.8 Å². The van der Waals surface area contributed by atoms with Crippen molar-refractivity contribution >= 4 is 63.4 Å². The van der Waals surface area contributed by atoms with E-state index in [1.54, 1.807) is 11.3 Å². The number of amides is 2. The van der Waals surface area contributed by atoms with Gasteiger partial charge in [-0.2, -0.15) is 16.3 Å². The summed E-state index contributed by atoms with van der Waals surface area (Å²) in [6.07, 6.45) is 3.82. The lowest BCUT2D eigenvalue weighted by molar-refractivity contribution is -0.687. The van der Waals surface area contributed by atoms with Gasteiger partial charge in [0.15, 0.2) is 18.9 Å². The first-order chi connectivity index (χ1) is 16.9. The lowest BCUT2D eigenvalue weighted by Crippen LogP contribution is -2.71. The molecule has 3 aromatic rings. The number of nitrogens with one attached hydrogen (secondary N) is 1. The van der Waals surface area contributed by atoms with Gasteiger partial charge in [0.2, 0.25) is 11.5 Å². The first kappa shape index (κ1) is 22.8. The Labute approximate surface area is 205 Å². The Morgan fingerprint density at radius 2 is 2.23 bits per heavy atom. The molecular formula is C20H18N7O6S2+. The van der Waals surface area contributed by atoms with Crippen LogP contribution in [0.5, 0.6) is 0 Å². The minimum Gasteiger partial charge on any atom is -0.477 e. The lowest BCUT2D eigenvalue weighted by atomic mass is 10.0. The number of aromatic nitrogens is 3. The van der Waals surface area contributed by atoms with E-state index in [4.69, 9.17) is 5.73 Å². The van der Waals surface area contributed by atoms with Crippen LogP contribution in [-0.2, 0) is 25.8 Å². The fourth-order valence-electron chi connectivity index (χ4n) is 3.89. The fraction of sp³-hybridized carbons (Fsp3) is 0.250. The Morgan fingerprint density at radius 3 is 2.94 bits per heavy atom. The van der Waals surface area contributed by atoms with Crippen LogP contribution in [0.15, 0.2) is 50.2 Å². The molecule has 35 heavy (non-hydrogen) atoms. The molecule has 2 amide bonds. The fourth-order valence-corrected chi connectivity index (χ4v) is 6.00. The summed E-state index contributed by atoms with van der Waals surface area (Å²) in [5.41, 5.74) is 5.59. The Hall–Kier alpha value is -3.98. The topological polar surface area (TPSA) is 177 Å². The molecule has 15 heteroatoms. The van der Waals surface area contributed by atoms with Crippen LogP contribution in [0.1, 0.15) is 5.82 Å². The molecule has 0 aromatic carbocycles. The van der Waals surface area contributed by atoms with E-state index in [1.165, 1.54) is 23.8 Å². The second-order valence-electron chi connectivity index (χ2n) is 7.60. The number of carbonyl (C=O) groups excluding carboxylic acids is 2. The van der Waals surface area contributed by atoms with Gasteiger partial charge in [-0.25, -0.2) is 9.36 Å². The maximum absolute atomic E-state index is 13.0. The average Bonchev–Trinajstić information content (AvgIpc) is 3.48. The van der Waals surface area contributed by atoms with E-state index in [2.05, 4.69) is 30.0 Å². The number of β-lactam (4-membered cyclic amide) rings is 1. The van der Waals surface area contributed by atoms with Crippen LogP contribution in [0.25, 0.3) is 10.8 Å². The van der Waals surface area contributed by atoms with Crippen LogP contribution in [0.4, 0.5) is 6.01 Å². The number of carbonyl (C=O) groups is 3. The summed E-state index contributed by atoms with van der Waals surface area (Å²) < 4.78 is 6.55. The van der Waals surface area contributed by atoms with E-state index in [-0.39, 0.29) is 23.2 Å². The Bertz CT molecular complexity index is 1410. The van der Waals surface area contributed by atoms with E-state index < -0.39 is 29.2 Å². The highest BCUT2D eigenvalue weighted by atomic mass is 32.2. The van der Waals surface area contributed by atoms with E-state index >= 15 is 0 Å². The molecule has 0 saturated carbocycles. The maximum atomic E-state index is 13.0. The molecule has 5 heterocycles. The number of fused-ring (bicyclic) bond motifs is 2. The number of nitrogens with zero attached hydrogens (tertiary/aromatic N) is 5. The second kappa shape index (κ2) is 8.99. The molecule has 2 atom stereocenters. The molecule has 1 saturated heterocycles. The van der Waals surface area contributed by atoms with Crippen LogP contribution in [0, 0.1) is 0 Å². The summed E-state index contributed by atoms with van der Waals surface area (Å²) in [5, 5.41) is 25.2. The third-order valence-electron chi connectivity index (χ3n) is 5.43. The van der Waals surface area contributed by atoms with Crippen LogP contribution in [0.2, 0.25) is 0 Å². The van der Waals surface area contributed by atoms with Crippen molar-refractivity contribution in [2.24, 2.45) is 5.16 Å². The van der Waals surface area contributed by atoms with Gasteiger partial charge >= 0.3 is 12.0 Å². The smallest absolute Gasteiger partial charge is 0.352 e. The van der Waals surface area contributed by atoms with Crippen LogP contribution in [-0.4, -0.2) is 67.9 Å². The van der Waals surface area contributed by atoms with Crippen LogP contribution < -0.4 is 15.6 Å². The minimum absolute atomic E-state index is 0.0705. The SMILES string of the molecule is CON=C(C(=O)NC1C(=O)N2C(C(=O)O)=C(C[n+]3ccc4cscc4c3)CS[C@@H]12)c1noc(N)n1. The van der Waals surface area contributed by atoms with Crippen LogP contribution >= 0.6 is 23.1 Å². The van der Waals surface area contributed by atoms with Crippen molar-refractivity contribution in [1.29, 1.82) is 0 Å². The molecule has 2 aliphatic heterocycles. The number of carboxylic acid groups (broad SMARTS) is 1. The van der Waals surface area contributed by atoms with Crippen LogP contribution in [0.3, 0.4) is 0 Å². The Balaban J connectivity index is 1.36. The lowest BCUT2D eigenvalue weighted by Gasteiger charge is -2.49.